The number of amides is 1. The van der Waals surface area contributed by atoms with Crippen LogP contribution in [0.1, 0.15) is 21.5 Å². The van der Waals surface area contributed by atoms with Crippen LogP contribution >= 0.6 is 0 Å². The molecule has 5 nitrogen and oxygen atoms in total. The molecule has 0 spiro atoms. The fraction of sp³-hybridized carbons (Fsp3) is 0.231. The molecular weight excluding hydrogens is 247 g/mol. The van der Waals surface area contributed by atoms with E-state index in [2.05, 4.69) is 15.5 Å². The Kier molecular flexibility index (Phi) is 3.79. The number of H-pyrrole nitrogens is 1. The van der Waals surface area contributed by atoms with E-state index in [9.17, 15) is 9.18 Å². The van der Waals surface area contributed by atoms with Crippen molar-refractivity contribution in [3.8, 4) is 0 Å². The van der Waals surface area contributed by atoms with E-state index in [-0.39, 0.29) is 17.5 Å². The van der Waals surface area contributed by atoms with Crippen LogP contribution in [0.2, 0.25) is 0 Å². The molecule has 4 N–H and O–H groups in total. The van der Waals surface area contributed by atoms with E-state index >= 15 is 0 Å². The molecule has 0 radical (unpaired) electrons. The highest BCUT2D eigenvalue weighted by Crippen LogP contribution is 2.10. The standard InChI is InChI=1S/C13H15FN4O/c1-8-6-10(14)3-2-9(8)4-5-16-13(19)11-7-17-18-12(11)15/h2-3,6-7H,4-5H2,1H3,(H,16,19)(H3,15,17,18). The van der Waals surface area contributed by atoms with Crippen molar-refractivity contribution in [1.29, 1.82) is 0 Å². The molecule has 0 aliphatic heterocycles. The van der Waals surface area contributed by atoms with Gasteiger partial charge in [-0.15, -0.1) is 0 Å². The van der Waals surface area contributed by atoms with Crippen LogP contribution in [0.5, 0.6) is 0 Å². The number of nitrogens with one attached hydrogen (secondary N) is 2. The SMILES string of the molecule is Cc1cc(F)ccc1CCNC(=O)c1cn[nH]c1N. The maximum Gasteiger partial charge on any atom is 0.256 e. The first kappa shape index (κ1) is 13.1. The van der Waals surface area contributed by atoms with Gasteiger partial charge in [-0.3, -0.25) is 9.89 Å². The molecule has 1 aromatic heterocycles. The summed E-state index contributed by atoms with van der Waals surface area (Å²) in [5.74, 6) is -0.280. The molecule has 1 heterocycles. The second kappa shape index (κ2) is 5.51. The third-order valence-electron chi connectivity index (χ3n) is 2.90. The number of aromatic nitrogens is 2. The normalized spacial score (nSPS) is 10.4. The first-order valence-electron chi connectivity index (χ1n) is 5.90. The van der Waals surface area contributed by atoms with Crippen molar-refractivity contribution in [2.75, 3.05) is 12.3 Å². The summed E-state index contributed by atoms with van der Waals surface area (Å²) in [6.07, 6.45) is 2.02. The van der Waals surface area contributed by atoms with Gasteiger partial charge in [0.05, 0.1) is 6.20 Å². The van der Waals surface area contributed by atoms with Crippen LogP contribution in [0.3, 0.4) is 0 Å². The Balaban J connectivity index is 1.90. The second-order valence-corrected chi connectivity index (χ2v) is 4.27. The number of nitrogen functional groups attached to an aromatic ring is 1. The molecular formula is C13H15FN4O. The van der Waals surface area contributed by atoms with E-state index < -0.39 is 0 Å². The number of rotatable bonds is 4. The zero-order valence-electron chi connectivity index (χ0n) is 10.5. The number of carbonyl (C=O) groups excluding carboxylic acids is 1. The molecule has 0 saturated heterocycles. The molecule has 1 aromatic carbocycles. The van der Waals surface area contributed by atoms with Gasteiger partial charge in [0.2, 0.25) is 0 Å². The fourth-order valence-corrected chi connectivity index (χ4v) is 1.82. The average Bonchev–Trinajstić information content (AvgIpc) is 2.78. The number of aromatic amines is 1. The van der Waals surface area contributed by atoms with E-state index in [0.717, 1.165) is 11.1 Å². The highest BCUT2D eigenvalue weighted by atomic mass is 19.1. The fourth-order valence-electron chi connectivity index (χ4n) is 1.82. The lowest BCUT2D eigenvalue weighted by Crippen LogP contribution is -2.26. The Bertz CT molecular complexity index is 594. The lowest BCUT2D eigenvalue weighted by Gasteiger charge is -2.07. The maximum atomic E-state index is 12.9. The van der Waals surface area contributed by atoms with Crippen LogP contribution in [0, 0.1) is 12.7 Å². The van der Waals surface area contributed by atoms with E-state index in [1.54, 1.807) is 6.07 Å². The number of aryl methyl sites for hydroxylation is 1. The number of hydrogen-bond donors (Lipinski definition) is 3. The summed E-state index contributed by atoms with van der Waals surface area (Å²) in [5.41, 5.74) is 7.75. The van der Waals surface area contributed by atoms with E-state index in [4.69, 9.17) is 5.73 Å². The Labute approximate surface area is 110 Å². The van der Waals surface area contributed by atoms with Gasteiger partial charge in [-0.1, -0.05) is 6.07 Å². The smallest absolute Gasteiger partial charge is 0.256 e. The summed E-state index contributed by atoms with van der Waals surface area (Å²) < 4.78 is 12.9. The minimum absolute atomic E-state index is 0.246. The lowest BCUT2D eigenvalue weighted by atomic mass is 10.1. The van der Waals surface area contributed by atoms with Crippen LogP contribution in [0.4, 0.5) is 10.2 Å². The Morgan fingerprint density at radius 3 is 2.95 bits per heavy atom. The second-order valence-electron chi connectivity index (χ2n) is 4.27. The number of carbonyl (C=O) groups is 1. The van der Waals surface area contributed by atoms with Crippen molar-refractivity contribution in [1.82, 2.24) is 15.5 Å². The van der Waals surface area contributed by atoms with Crippen LogP contribution in [-0.4, -0.2) is 22.6 Å². The summed E-state index contributed by atoms with van der Waals surface area (Å²) >= 11 is 0. The van der Waals surface area contributed by atoms with E-state index in [1.165, 1.54) is 18.3 Å². The Morgan fingerprint density at radius 2 is 2.32 bits per heavy atom. The summed E-state index contributed by atoms with van der Waals surface area (Å²) in [7, 11) is 0. The number of benzene rings is 1. The van der Waals surface area contributed by atoms with Gasteiger partial charge >= 0.3 is 0 Å². The zero-order valence-corrected chi connectivity index (χ0v) is 10.5. The van der Waals surface area contributed by atoms with Crippen LogP contribution in [0.25, 0.3) is 0 Å². The molecule has 0 fully saturated rings. The highest BCUT2D eigenvalue weighted by molar-refractivity contribution is 5.98. The summed E-state index contributed by atoms with van der Waals surface area (Å²) in [6.45, 7) is 2.30. The molecule has 0 atom stereocenters. The maximum absolute atomic E-state index is 12.9. The average molecular weight is 262 g/mol. The predicted molar refractivity (Wildman–Crippen MR) is 70.2 cm³/mol. The molecule has 0 unspecified atom stereocenters. The topological polar surface area (TPSA) is 83.8 Å². The molecule has 0 aliphatic carbocycles. The molecule has 2 aromatic rings. The number of anilines is 1. The van der Waals surface area contributed by atoms with Gasteiger partial charge < -0.3 is 11.1 Å². The summed E-state index contributed by atoms with van der Waals surface area (Å²) in [4.78, 5) is 11.7. The molecule has 0 bridgehead atoms. The van der Waals surface area contributed by atoms with Crippen molar-refractivity contribution >= 4 is 11.7 Å². The van der Waals surface area contributed by atoms with Crippen molar-refractivity contribution < 1.29 is 9.18 Å². The van der Waals surface area contributed by atoms with E-state index in [0.29, 0.717) is 18.5 Å². The first-order valence-corrected chi connectivity index (χ1v) is 5.90. The quantitative estimate of drug-likeness (QED) is 0.779. The Morgan fingerprint density at radius 1 is 1.53 bits per heavy atom. The van der Waals surface area contributed by atoms with Crippen molar-refractivity contribution in [2.24, 2.45) is 0 Å². The molecule has 19 heavy (non-hydrogen) atoms. The van der Waals surface area contributed by atoms with Crippen LogP contribution in [-0.2, 0) is 6.42 Å². The van der Waals surface area contributed by atoms with Gasteiger partial charge in [-0.05, 0) is 36.6 Å². The lowest BCUT2D eigenvalue weighted by molar-refractivity contribution is 0.0955. The van der Waals surface area contributed by atoms with Gasteiger partial charge in [0, 0.05) is 6.54 Å². The summed E-state index contributed by atoms with van der Waals surface area (Å²) in [5, 5.41) is 8.92. The minimum Gasteiger partial charge on any atom is -0.383 e. The predicted octanol–water partition coefficient (Wildman–Crippen LogP) is 1.41. The van der Waals surface area contributed by atoms with Crippen LogP contribution < -0.4 is 11.1 Å². The number of hydrogen-bond acceptors (Lipinski definition) is 3. The zero-order chi connectivity index (χ0) is 13.8. The van der Waals surface area contributed by atoms with Gasteiger partial charge in [0.15, 0.2) is 0 Å². The third-order valence-corrected chi connectivity index (χ3v) is 2.90. The van der Waals surface area contributed by atoms with Gasteiger partial charge in [-0.2, -0.15) is 5.10 Å². The van der Waals surface area contributed by atoms with Crippen molar-refractivity contribution in [3.05, 3.63) is 46.9 Å². The number of nitrogens with zero attached hydrogens (tertiary/aromatic N) is 1. The van der Waals surface area contributed by atoms with Gasteiger partial charge in [-0.25, -0.2) is 4.39 Å². The first-order chi connectivity index (χ1) is 9.08. The number of halogens is 1. The van der Waals surface area contributed by atoms with E-state index in [1.807, 2.05) is 6.92 Å². The summed E-state index contributed by atoms with van der Waals surface area (Å²) in [6, 6.07) is 4.62. The molecule has 100 valence electrons. The Hall–Kier alpha value is -2.37. The molecule has 2 rings (SSSR count). The van der Waals surface area contributed by atoms with Crippen molar-refractivity contribution in [3.63, 3.8) is 0 Å². The number of nitrogens with two attached hydrogens (primary N) is 1. The third kappa shape index (κ3) is 3.09. The largest absolute Gasteiger partial charge is 0.383 e. The molecule has 1 amide bonds. The van der Waals surface area contributed by atoms with Gasteiger partial charge in [0.1, 0.15) is 17.2 Å². The van der Waals surface area contributed by atoms with Gasteiger partial charge in [0.25, 0.3) is 5.91 Å². The molecule has 0 aliphatic rings. The minimum atomic E-state index is -0.272. The highest BCUT2D eigenvalue weighted by Gasteiger charge is 2.10. The molecule has 0 saturated carbocycles. The van der Waals surface area contributed by atoms with Crippen molar-refractivity contribution in [2.45, 2.75) is 13.3 Å². The van der Waals surface area contributed by atoms with Crippen LogP contribution in [0.15, 0.2) is 24.4 Å². The molecule has 6 heteroatoms. The monoisotopic (exact) mass is 262 g/mol.